The van der Waals surface area contributed by atoms with E-state index >= 15 is 0 Å². The van der Waals surface area contributed by atoms with Gasteiger partial charge >= 0.3 is 5.97 Å². The molecule has 1 aromatic rings. The SMILES string of the molecule is CC(O)(CNS(=O)(=O)c1cc(Br)ccc1Cl)C(=O)O. The van der Waals surface area contributed by atoms with Gasteiger partial charge in [0.15, 0.2) is 5.60 Å². The molecule has 1 rings (SSSR count). The van der Waals surface area contributed by atoms with Gasteiger partial charge in [-0.15, -0.1) is 0 Å². The first-order valence-corrected chi connectivity index (χ1v) is 7.62. The van der Waals surface area contributed by atoms with E-state index in [0.29, 0.717) is 4.47 Å². The van der Waals surface area contributed by atoms with Crippen LogP contribution < -0.4 is 4.72 Å². The Morgan fingerprint density at radius 1 is 1.53 bits per heavy atom. The van der Waals surface area contributed by atoms with Gasteiger partial charge in [-0.05, 0) is 25.1 Å². The predicted molar refractivity (Wildman–Crippen MR) is 72.6 cm³/mol. The molecule has 1 unspecified atom stereocenters. The molecule has 1 atom stereocenters. The van der Waals surface area contributed by atoms with Crippen molar-refractivity contribution in [2.24, 2.45) is 0 Å². The quantitative estimate of drug-likeness (QED) is 0.721. The summed E-state index contributed by atoms with van der Waals surface area (Å²) in [7, 11) is -4.02. The Kier molecular flexibility index (Phi) is 4.97. The Labute approximate surface area is 123 Å². The van der Waals surface area contributed by atoms with Gasteiger partial charge in [0.2, 0.25) is 10.0 Å². The zero-order chi connectivity index (χ0) is 14.8. The highest BCUT2D eigenvalue weighted by atomic mass is 79.9. The number of carboxylic acid groups (broad SMARTS) is 1. The van der Waals surface area contributed by atoms with Gasteiger partial charge in [0.05, 0.1) is 11.6 Å². The maximum absolute atomic E-state index is 12.0. The molecule has 9 heteroatoms. The second-order valence-corrected chi connectivity index (χ2v) is 7.04. The molecule has 0 radical (unpaired) electrons. The van der Waals surface area contributed by atoms with Crippen molar-refractivity contribution in [3.63, 3.8) is 0 Å². The van der Waals surface area contributed by atoms with Gasteiger partial charge in [0.1, 0.15) is 4.90 Å². The van der Waals surface area contributed by atoms with Crippen molar-refractivity contribution in [1.82, 2.24) is 4.72 Å². The van der Waals surface area contributed by atoms with E-state index < -0.39 is 28.1 Å². The van der Waals surface area contributed by atoms with E-state index in [4.69, 9.17) is 16.7 Å². The number of halogens is 2. The van der Waals surface area contributed by atoms with E-state index in [9.17, 15) is 18.3 Å². The van der Waals surface area contributed by atoms with Crippen molar-refractivity contribution < 1.29 is 23.4 Å². The van der Waals surface area contributed by atoms with Crippen LogP contribution in [0.1, 0.15) is 6.92 Å². The van der Waals surface area contributed by atoms with Crippen molar-refractivity contribution >= 4 is 43.5 Å². The molecule has 0 bridgehead atoms. The third-order valence-electron chi connectivity index (χ3n) is 2.25. The minimum Gasteiger partial charge on any atom is -0.479 e. The summed E-state index contributed by atoms with van der Waals surface area (Å²) >= 11 is 8.88. The zero-order valence-electron chi connectivity index (χ0n) is 9.72. The Balaban J connectivity index is 3.00. The highest BCUT2D eigenvalue weighted by Crippen LogP contribution is 2.25. The molecule has 0 heterocycles. The van der Waals surface area contributed by atoms with Crippen LogP contribution in [0.3, 0.4) is 0 Å². The molecule has 1 aromatic carbocycles. The van der Waals surface area contributed by atoms with Crippen molar-refractivity contribution in [3.8, 4) is 0 Å². The molecular weight excluding hydrogens is 362 g/mol. The zero-order valence-corrected chi connectivity index (χ0v) is 12.9. The smallest absolute Gasteiger partial charge is 0.336 e. The first kappa shape index (κ1) is 16.4. The van der Waals surface area contributed by atoms with Crippen molar-refractivity contribution in [3.05, 3.63) is 27.7 Å². The lowest BCUT2D eigenvalue weighted by molar-refractivity contribution is -0.155. The molecule has 0 aliphatic heterocycles. The van der Waals surface area contributed by atoms with Crippen LogP contribution >= 0.6 is 27.5 Å². The Morgan fingerprint density at radius 3 is 2.63 bits per heavy atom. The van der Waals surface area contributed by atoms with Gasteiger partial charge < -0.3 is 10.2 Å². The number of nitrogens with one attached hydrogen (secondary N) is 1. The van der Waals surface area contributed by atoms with E-state index in [1.807, 2.05) is 4.72 Å². The van der Waals surface area contributed by atoms with Crippen LogP contribution in [0.2, 0.25) is 5.02 Å². The first-order chi connectivity index (χ1) is 8.56. The number of aliphatic hydroxyl groups is 1. The third kappa shape index (κ3) is 4.15. The standard InChI is InChI=1S/C10H11BrClNO5S/c1-10(16,9(14)15)5-13-19(17,18)8-4-6(11)2-3-7(8)12/h2-4,13,16H,5H2,1H3,(H,14,15). The predicted octanol–water partition coefficient (Wildman–Crippen LogP) is 1.22. The Morgan fingerprint density at radius 2 is 2.11 bits per heavy atom. The lowest BCUT2D eigenvalue weighted by Gasteiger charge is -2.18. The van der Waals surface area contributed by atoms with Crippen molar-refractivity contribution in [1.29, 1.82) is 0 Å². The summed E-state index contributed by atoms with van der Waals surface area (Å²) in [5.41, 5.74) is -2.20. The highest BCUT2D eigenvalue weighted by molar-refractivity contribution is 9.10. The fraction of sp³-hybridized carbons (Fsp3) is 0.300. The average Bonchev–Trinajstić information content (AvgIpc) is 2.30. The minimum atomic E-state index is -4.02. The van der Waals surface area contributed by atoms with Crippen molar-refractivity contribution in [2.75, 3.05) is 6.54 Å². The number of hydrogen-bond acceptors (Lipinski definition) is 4. The third-order valence-corrected chi connectivity index (χ3v) is 4.63. The molecule has 6 nitrogen and oxygen atoms in total. The summed E-state index contributed by atoms with van der Waals surface area (Å²) < 4.78 is 26.4. The fourth-order valence-electron chi connectivity index (χ4n) is 1.07. The minimum absolute atomic E-state index is 0.00864. The van der Waals surface area contributed by atoms with Gasteiger partial charge in [-0.25, -0.2) is 17.9 Å². The molecule has 0 aliphatic rings. The summed E-state index contributed by atoms with van der Waals surface area (Å²) in [6.07, 6.45) is 0. The Hall–Kier alpha value is -0.670. The van der Waals surface area contributed by atoms with Gasteiger partial charge in [0.25, 0.3) is 0 Å². The molecule has 0 aromatic heterocycles. The van der Waals surface area contributed by atoms with Crippen LogP contribution in [0.25, 0.3) is 0 Å². The molecule has 0 saturated heterocycles. The van der Waals surface area contributed by atoms with Gasteiger partial charge in [-0.1, -0.05) is 27.5 Å². The van der Waals surface area contributed by atoms with Crippen LogP contribution in [0.4, 0.5) is 0 Å². The van der Waals surface area contributed by atoms with E-state index in [0.717, 1.165) is 6.92 Å². The second-order valence-electron chi connectivity index (χ2n) is 3.98. The number of aliphatic carboxylic acids is 1. The molecular formula is C10H11BrClNO5S. The normalized spacial score (nSPS) is 14.9. The molecule has 3 N–H and O–H groups in total. The topological polar surface area (TPSA) is 104 Å². The summed E-state index contributed by atoms with van der Waals surface area (Å²) in [6, 6.07) is 4.23. The largest absolute Gasteiger partial charge is 0.479 e. The number of rotatable bonds is 5. The molecule has 106 valence electrons. The molecule has 0 amide bonds. The van der Waals surface area contributed by atoms with E-state index in [1.54, 1.807) is 6.07 Å². The monoisotopic (exact) mass is 371 g/mol. The molecule has 0 saturated carbocycles. The summed E-state index contributed by atoms with van der Waals surface area (Å²) in [5, 5.41) is 18.1. The van der Waals surface area contributed by atoms with E-state index in [-0.39, 0.29) is 9.92 Å². The Bertz CT molecular complexity index is 602. The lowest BCUT2D eigenvalue weighted by Crippen LogP contribution is -2.46. The van der Waals surface area contributed by atoms with E-state index in [2.05, 4.69) is 15.9 Å². The van der Waals surface area contributed by atoms with Crippen LogP contribution in [0.5, 0.6) is 0 Å². The second kappa shape index (κ2) is 5.76. The van der Waals surface area contributed by atoms with Gasteiger partial charge in [0, 0.05) is 4.47 Å². The fourth-order valence-corrected chi connectivity index (χ4v) is 3.24. The number of carboxylic acids is 1. The average molecular weight is 373 g/mol. The molecule has 0 spiro atoms. The highest BCUT2D eigenvalue weighted by Gasteiger charge is 2.32. The molecule has 0 fully saturated rings. The number of carbonyl (C=O) groups is 1. The maximum atomic E-state index is 12.0. The van der Waals surface area contributed by atoms with Crippen LogP contribution in [-0.4, -0.2) is 36.7 Å². The summed E-state index contributed by atoms with van der Waals surface area (Å²) in [5.74, 6) is -1.53. The van der Waals surface area contributed by atoms with Gasteiger partial charge in [-0.2, -0.15) is 0 Å². The first-order valence-electron chi connectivity index (χ1n) is 4.97. The van der Waals surface area contributed by atoms with Crippen molar-refractivity contribution in [2.45, 2.75) is 17.4 Å². The van der Waals surface area contributed by atoms with Gasteiger partial charge in [-0.3, -0.25) is 0 Å². The summed E-state index contributed by atoms with van der Waals surface area (Å²) in [4.78, 5) is 10.5. The number of sulfonamides is 1. The number of hydrogen-bond donors (Lipinski definition) is 3. The van der Waals surface area contributed by atoms with Crippen LogP contribution in [0.15, 0.2) is 27.6 Å². The van der Waals surface area contributed by atoms with Crippen LogP contribution in [-0.2, 0) is 14.8 Å². The maximum Gasteiger partial charge on any atom is 0.336 e. The van der Waals surface area contributed by atoms with Crippen LogP contribution in [0, 0.1) is 0 Å². The lowest BCUT2D eigenvalue weighted by atomic mass is 10.1. The summed E-state index contributed by atoms with van der Waals surface area (Å²) in [6.45, 7) is 0.313. The van der Waals surface area contributed by atoms with E-state index in [1.165, 1.54) is 12.1 Å². The molecule has 19 heavy (non-hydrogen) atoms. The number of benzene rings is 1. The molecule has 0 aliphatic carbocycles.